The first-order chi connectivity index (χ1) is 11.7. The van der Waals surface area contributed by atoms with Gasteiger partial charge in [0.05, 0.1) is 0 Å². The van der Waals surface area contributed by atoms with E-state index in [0.717, 1.165) is 16.0 Å². The van der Waals surface area contributed by atoms with E-state index in [9.17, 15) is 4.79 Å². The maximum atomic E-state index is 12.6. The molecule has 1 atom stereocenters. The van der Waals surface area contributed by atoms with E-state index in [1.54, 1.807) is 11.8 Å². The zero-order valence-electron chi connectivity index (χ0n) is 13.1. The highest BCUT2D eigenvalue weighted by Gasteiger charge is 2.18. The summed E-state index contributed by atoms with van der Waals surface area (Å²) in [5.74, 6) is 0.152. The Kier molecular flexibility index (Phi) is 5.73. The van der Waals surface area contributed by atoms with Gasteiger partial charge in [0.2, 0.25) is 0 Å². The fraction of sp³-hybridized carbons (Fsp3) is 0.0952. The third-order valence-corrected chi connectivity index (χ3v) is 5.25. The predicted octanol–water partition coefficient (Wildman–Crippen LogP) is 6.45. The van der Waals surface area contributed by atoms with Crippen LogP contribution in [-0.2, 0) is 0 Å². The molecule has 0 spiro atoms. The first kappa shape index (κ1) is 16.8. The van der Waals surface area contributed by atoms with Gasteiger partial charge in [0.25, 0.3) is 0 Å². The van der Waals surface area contributed by atoms with Crippen LogP contribution in [0, 0.1) is 0 Å². The number of ketones is 1. The first-order valence-electron chi connectivity index (χ1n) is 7.78. The summed E-state index contributed by atoms with van der Waals surface area (Å²) in [6, 6.07) is 27.4. The van der Waals surface area contributed by atoms with Crippen LogP contribution in [0.25, 0.3) is 0 Å². The Morgan fingerprint density at radius 1 is 0.833 bits per heavy atom. The van der Waals surface area contributed by atoms with Gasteiger partial charge in [-0.3, -0.25) is 4.79 Å². The first-order valence-corrected chi connectivity index (χ1v) is 9.03. The normalized spacial score (nSPS) is 11.9. The zero-order chi connectivity index (χ0) is 16.8. The molecule has 0 saturated heterocycles. The van der Waals surface area contributed by atoms with Gasteiger partial charge < -0.3 is 0 Å². The van der Waals surface area contributed by atoms with Gasteiger partial charge in [-0.15, -0.1) is 11.8 Å². The number of thioether (sulfide) groups is 1. The Hall–Kier alpha value is -2.03. The van der Waals surface area contributed by atoms with Crippen molar-refractivity contribution in [1.82, 2.24) is 0 Å². The molecule has 3 aromatic rings. The fourth-order valence-corrected chi connectivity index (χ4v) is 3.78. The molecule has 3 aromatic carbocycles. The molecule has 0 fully saturated rings. The van der Waals surface area contributed by atoms with E-state index >= 15 is 0 Å². The van der Waals surface area contributed by atoms with E-state index < -0.39 is 0 Å². The van der Waals surface area contributed by atoms with Crippen LogP contribution in [0.4, 0.5) is 0 Å². The van der Waals surface area contributed by atoms with Crippen LogP contribution in [0.5, 0.6) is 0 Å². The number of halogens is 1. The third kappa shape index (κ3) is 4.50. The highest BCUT2D eigenvalue weighted by molar-refractivity contribution is 7.99. The molecule has 0 heterocycles. The molecule has 0 aliphatic heterocycles. The lowest BCUT2D eigenvalue weighted by atomic mass is 10.0. The molecule has 3 rings (SSSR count). The molecular formula is C21H17ClOS. The number of benzene rings is 3. The molecule has 0 radical (unpaired) electrons. The molecule has 1 unspecified atom stereocenters. The number of hydrogen-bond acceptors (Lipinski definition) is 2. The van der Waals surface area contributed by atoms with Gasteiger partial charge in [0.1, 0.15) is 0 Å². The second-order valence-electron chi connectivity index (χ2n) is 5.46. The summed E-state index contributed by atoms with van der Waals surface area (Å²) >= 11 is 7.71. The summed E-state index contributed by atoms with van der Waals surface area (Å²) in [6.45, 7) is 0. The summed E-state index contributed by atoms with van der Waals surface area (Å²) in [5.41, 5.74) is 1.86. The number of carbonyl (C=O) groups excluding carboxylic acids is 1. The van der Waals surface area contributed by atoms with E-state index in [-0.39, 0.29) is 11.0 Å². The standard InChI is InChI=1S/C21H17ClOS/c22-18-13-11-17(12-14-18)21(24-19-9-5-2-6-10-19)15-20(23)16-7-3-1-4-8-16/h1-14,21H,15H2. The molecule has 0 saturated carbocycles. The van der Waals surface area contributed by atoms with Crippen LogP contribution >= 0.6 is 23.4 Å². The Balaban J connectivity index is 1.84. The lowest BCUT2D eigenvalue weighted by Gasteiger charge is -2.17. The minimum absolute atomic E-state index is 0.0531. The van der Waals surface area contributed by atoms with Crippen molar-refractivity contribution in [2.24, 2.45) is 0 Å². The minimum atomic E-state index is 0.0531. The lowest BCUT2D eigenvalue weighted by Crippen LogP contribution is -2.05. The van der Waals surface area contributed by atoms with E-state index in [2.05, 4.69) is 12.1 Å². The van der Waals surface area contributed by atoms with E-state index in [4.69, 9.17) is 11.6 Å². The molecule has 3 heteroatoms. The quantitative estimate of drug-likeness (QED) is 0.374. The summed E-state index contributed by atoms with van der Waals surface area (Å²) in [4.78, 5) is 13.8. The summed E-state index contributed by atoms with van der Waals surface area (Å²) in [6.07, 6.45) is 0.450. The molecule has 0 bridgehead atoms. The van der Waals surface area contributed by atoms with Crippen molar-refractivity contribution in [1.29, 1.82) is 0 Å². The van der Waals surface area contributed by atoms with Crippen LogP contribution in [0.15, 0.2) is 89.8 Å². The summed E-state index contributed by atoms with van der Waals surface area (Å²) < 4.78 is 0. The maximum absolute atomic E-state index is 12.6. The van der Waals surface area contributed by atoms with Crippen LogP contribution < -0.4 is 0 Å². The average molecular weight is 353 g/mol. The fourth-order valence-electron chi connectivity index (χ4n) is 2.48. The molecule has 0 aliphatic carbocycles. The van der Waals surface area contributed by atoms with Crippen LogP contribution in [-0.4, -0.2) is 5.78 Å². The molecule has 120 valence electrons. The van der Waals surface area contributed by atoms with Crippen LogP contribution in [0.3, 0.4) is 0 Å². The van der Waals surface area contributed by atoms with Gasteiger partial charge in [-0.1, -0.05) is 72.3 Å². The van der Waals surface area contributed by atoms with Gasteiger partial charge in [0, 0.05) is 27.2 Å². The average Bonchev–Trinajstić information content (AvgIpc) is 2.63. The van der Waals surface area contributed by atoms with Crippen molar-refractivity contribution in [3.05, 3.63) is 101 Å². The van der Waals surface area contributed by atoms with Crippen molar-refractivity contribution in [2.45, 2.75) is 16.6 Å². The van der Waals surface area contributed by atoms with Gasteiger partial charge in [0.15, 0.2) is 5.78 Å². The Morgan fingerprint density at radius 2 is 1.42 bits per heavy atom. The Bertz CT molecular complexity index is 785. The van der Waals surface area contributed by atoms with Crippen molar-refractivity contribution in [3.8, 4) is 0 Å². The molecular weight excluding hydrogens is 336 g/mol. The highest BCUT2D eigenvalue weighted by atomic mass is 35.5. The number of rotatable bonds is 6. The van der Waals surface area contributed by atoms with Gasteiger partial charge in [-0.25, -0.2) is 0 Å². The van der Waals surface area contributed by atoms with Crippen LogP contribution in [0.1, 0.15) is 27.6 Å². The van der Waals surface area contributed by atoms with E-state index in [1.165, 1.54) is 0 Å². The monoisotopic (exact) mass is 352 g/mol. The van der Waals surface area contributed by atoms with Gasteiger partial charge in [-0.05, 0) is 29.8 Å². The molecule has 0 amide bonds. The zero-order valence-corrected chi connectivity index (χ0v) is 14.6. The molecule has 24 heavy (non-hydrogen) atoms. The predicted molar refractivity (Wildman–Crippen MR) is 102 cm³/mol. The lowest BCUT2D eigenvalue weighted by molar-refractivity contribution is 0.0982. The summed E-state index contributed by atoms with van der Waals surface area (Å²) in [5, 5.41) is 0.758. The molecule has 1 nitrogen and oxygen atoms in total. The summed E-state index contributed by atoms with van der Waals surface area (Å²) in [7, 11) is 0. The highest BCUT2D eigenvalue weighted by Crippen LogP contribution is 2.38. The van der Waals surface area contributed by atoms with Crippen molar-refractivity contribution in [3.63, 3.8) is 0 Å². The van der Waals surface area contributed by atoms with Crippen molar-refractivity contribution >= 4 is 29.1 Å². The smallest absolute Gasteiger partial charge is 0.164 e. The van der Waals surface area contributed by atoms with Gasteiger partial charge >= 0.3 is 0 Å². The number of carbonyl (C=O) groups is 1. The number of Topliss-reactive ketones (excluding diaryl/α,β-unsaturated/α-hetero) is 1. The van der Waals surface area contributed by atoms with E-state index in [1.807, 2.05) is 72.8 Å². The SMILES string of the molecule is O=C(CC(Sc1ccccc1)c1ccc(Cl)cc1)c1ccccc1. The second-order valence-corrected chi connectivity index (χ2v) is 7.18. The molecule has 0 N–H and O–H groups in total. The second kappa shape index (κ2) is 8.18. The largest absolute Gasteiger partial charge is 0.294 e. The Labute approximate surface area is 151 Å². The maximum Gasteiger partial charge on any atom is 0.164 e. The van der Waals surface area contributed by atoms with E-state index in [0.29, 0.717) is 11.4 Å². The molecule has 0 aromatic heterocycles. The minimum Gasteiger partial charge on any atom is -0.294 e. The topological polar surface area (TPSA) is 17.1 Å². The van der Waals surface area contributed by atoms with Crippen molar-refractivity contribution < 1.29 is 4.79 Å². The van der Waals surface area contributed by atoms with Crippen molar-refractivity contribution in [2.75, 3.05) is 0 Å². The van der Waals surface area contributed by atoms with Crippen LogP contribution in [0.2, 0.25) is 5.02 Å². The third-order valence-electron chi connectivity index (χ3n) is 3.73. The number of hydrogen-bond donors (Lipinski definition) is 0. The molecule has 0 aliphatic rings. The Morgan fingerprint density at radius 3 is 2.04 bits per heavy atom. The van der Waals surface area contributed by atoms with Gasteiger partial charge in [-0.2, -0.15) is 0 Å².